The average Bonchev–Trinajstić information content (AvgIpc) is 2.59. The van der Waals surface area contributed by atoms with Gasteiger partial charge in [-0.15, -0.1) is 6.58 Å². The van der Waals surface area contributed by atoms with Crippen molar-refractivity contribution in [2.24, 2.45) is 0 Å². The third-order valence-corrected chi connectivity index (χ3v) is 5.60. The Hall–Kier alpha value is -2.12. The molecule has 0 aliphatic rings. The van der Waals surface area contributed by atoms with Crippen LogP contribution in [0.25, 0.3) is 0 Å². The minimum Gasteiger partial charge on any atom is -0.465 e. The van der Waals surface area contributed by atoms with Crippen LogP contribution in [0.4, 0.5) is 5.69 Å². The van der Waals surface area contributed by atoms with E-state index in [0.717, 1.165) is 8.78 Å². The molecule has 126 valence electrons. The molecule has 7 heteroatoms. The summed E-state index contributed by atoms with van der Waals surface area (Å²) in [6.07, 6.45) is 1.46. The lowest BCUT2D eigenvalue weighted by molar-refractivity contribution is 0.0601. The molecule has 0 radical (unpaired) electrons. The normalized spacial score (nSPS) is 10.9. The summed E-state index contributed by atoms with van der Waals surface area (Å²) >= 11 is 3.28. The first-order chi connectivity index (χ1) is 11.4. The number of ether oxygens (including phenoxy) is 1. The molecule has 0 amide bonds. The van der Waals surface area contributed by atoms with Crippen LogP contribution in [0.2, 0.25) is 0 Å². The maximum Gasteiger partial charge on any atom is 0.340 e. The Labute approximate surface area is 149 Å². The van der Waals surface area contributed by atoms with Crippen LogP contribution in [0.15, 0.2) is 70.6 Å². The lowest BCUT2D eigenvalue weighted by Gasteiger charge is -2.25. The molecule has 2 aromatic rings. The molecule has 0 aliphatic heterocycles. The topological polar surface area (TPSA) is 63.7 Å². The van der Waals surface area contributed by atoms with Crippen molar-refractivity contribution in [3.8, 4) is 0 Å². The molecule has 0 aromatic heterocycles. The molecule has 2 aromatic carbocycles. The van der Waals surface area contributed by atoms with Gasteiger partial charge in [-0.05, 0) is 36.4 Å². The first-order valence-electron chi connectivity index (χ1n) is 6.98. The fourth-order valence-electron chi connectivity index (χ4n) is 2.15. The summed E-state index contributed by atoms with van der Waals surface area (Å²) in [6.45, 7) is 3.63. The highest BCUT2D eigenvalue weighted by Crippen LogP contribution is 2.28. The number of esters is 1. The Morgan fingerprint density at radius 3 is 2.42 bits per heavy atom. The highest BCUT2D eigenvalue weighted by atomic mass is 79.9. The summed E-state index contributed by atoms with van der Waals surface area (Å²) in [7, 11) is -2.61. The maximum atomic E-state index is 13.0. The van der Waals surface area contributed by atoms with Gasteiger partial charge in [0.1, 0.15) is 0 Å². The number of anilines is 1. The number of rotatable bonds is 6. The SMILES string of the molecule is C=CCN(c1ccccc1C(=O)OC)S(=O)(=O)c1ccc(Br)cc1. The summed E-state index contributed by atoms with van der Waals surface area (Å²) in [4.78, 5) is 12.1. The van der Waals surface area contributed by atoms with Crippen molar-refractivity contribution >= 4 is 37.6 Å². The largest absolute Gasteiger partial charge is 0.465 e. The second kappa shape index (κ2) is 7.63. The van der Waals surface area contributed by atoms with Gasteiger partial charge in [0.15, 0.2) is 0 Å². The van der Waals surface area contributed by atoms with Crippen molar-refractivity contribution in [2.45, 2.75) is 4.90 Å². The average molecular weight is 410 g/mol. The number of halogens is 1. The van der Waals surface area contributed by atoms with E-state index in [0.29, 0.717) is 0 Å². The van der Waals surface area contributed by atoms with Crippen molar-refractivity contribution in [1.82, 2.24) is 0 Å². The second-order valence-electron chi connectivity index (χ2n) is 4.79. The van der Waals surface area contributed by atoms with Gasteiger partial charge >= 0.3 is 5.97 Å². The van der Waals surface area contributed by atoms with E-state index in [4.69, 9.17) is 4.74 Å². The van der Waals surface area contributed by atoms with Gasteiger partial charge in [-0.1, -0.05) is 34.1 Å². The van der Waals surface area contributed by atoms with Crippen LogP contribution in [0.5, 0.6) is 0 Å². The van der Waals surface area contributed by atoms with Crippen LogP contribution in [0.1, 0.15) is 10.4 Å². The molecule has 0 atom stereocenters. The summed E-state index contributed by atoms with van der Waals surface area (Å²) in [5.74, 6) is -0.606. The Bertz CT molecular complexity index is 847. The van der Waals surface area contributed by atoms with Crippen LogP contribution < -0.4 is 4.31 Å². The van der Waals surface area contributed by atoms with Crippen molar-refractivity contribution in [3.05, 3.63) is 71.2 Å². The van der Waals surface area contributed by atoms with E-state index in [2.05, 4.69) is 22.5 Å². The quantitative estimate of drug-likeness (QED) is 0.539. The Morgan fingerprint density at radius 1 is 1.21 bits per heavy atom. The van der Waals surface area contributed by atoms with Crippen molar-refractivity contribution in [3.63, 3.8) is 0 Å². The van der Waals surface area contributed by atoms with E-state index in [1.54, 1.807) is 30.3 Å². The molecule has 2 rings (SSSR count). The molecule has 0 unspecified atom stereocenters. The molecular weight excluding hydrogens is 394 g/mol. The summed E-state index contributed by atoms with van der Waals surface area (Å²) in [5.41, 5.74) is 0.412. The number of carbonyl (C=O) groups is 1. The van der Waals surface area contributed by atoms with Gasteiger partial charge in [0.25, 0.3) is 10.0 Å². The van der Waals surface area contributed by atoms with Crippen LogP contribution in [0.3, 0.4) is 0 Å². The van der Waals surface area contributed by atoms with Crippen LogP contribution >= 0.6 is 15.9 Å². The fraction of sp³-hybridized carbons (Fsp3) is 0.118. The number of methoxy groups -OCH3 is 1. The van der Waals surface area contributed by atoms with Gasteiger partial charge in [0.2, 0.25) is 0 Å². The van der Waals surface area contributed by atoms with Gasteiger partial charge in [-0.3, -0.25) is 4.31 Å². The zero-order valence-electron chi connectivity index (χ0n) is 13.0. The Morgan fingerprint density at radius 2 is 1.83 bits per heavy atom. The van der Waals surface area contributed by atoms with Gasteiger partial charge in [-0.25, -0.2) is 13.2 Å². The van der Waals surface area contributed by atoms with Crippen LogP contribution in [0, 0.1) is 0 Å². The highest BCUT2D eigenvalue weighted by Gasteiger charge is 2.27. The molecule has 0 aliphatic carbocycles. The Balaban J connectivity index is 2.60. The van der Waals surface area contributed by atoms with Gasteiger partial charge in [0.05, 0.1) is 29.8 Å². The molecule has 5 nitrogen and oxygen atoms in total. The standard InChI is InChI=1S/C17H16BrNO4S/c1-3-12-19(16-7-5-4-6-15(16)17(20)23-2)24(21,22)14-10-8-13(18)9-11-14/h3-11H,1,12H2,2H3. The number of sulfonamides is 1. The zero-order valence-corrected chi connectivity index (χ0v) is 15.4. The lowest BCUT2D eigenvalue weighted by Crippen LogP contribution is -2.32. The maximum absolute atomic E-state index is 13.0. The Kier molecular flexibility index (Phi) is 5.80. The van der Waals surface area contributed by atoms with Crippen LogP contribution in [-0.2, 0) is 14.8 Å². The third kappa shape index (κ3) is 3.68. The van der Waals surface area contributed by atoms with E-state index in [1.165, 1.54) is 31.4 Å². The number of benzene rings is 2. The summed E-state index contributed by atoms with van der Waals surface area (Å²) in [5, 5.41) is 0. The summed E-state index contributed by atoms with van der Waals surface area (Å²) < 4.78 is 32.7. The monoisotopic (exact) mass is 409 g/mol. The molecule has 0 spiro atoms. The molecule has 0 fully saturated rings. The highest BCUT2D eigenvalue weighted by molar-refractivity contribution is 9.10. The van der Waals surface area contributed by atoms with Gasteiger partial charge in [0, 0.05) is 4.47 Å². The van der Waals surface area contributed by atoms with E-state index in [9.17, 15) is 13.2 Å². The molecular formula is C17H16BrNO4S. The molecule has 0 saturated carbocycles. The minimum absolute atomic E-state index is 0.0202. The zero-order chi connectivity index (χ0) is 17.7. The molecule has 0 N–H and O–H groups in total. The van der Waals surface area contributed by atoms with Crippen molar-refractivity contribution in [1.29, 1.82) is 0 Å². The van der Waals surface area contributed by atoms with Crippen molar-refractivity contribution in [2.75, 3.05) is 18.0 Å². The number of hydrogen-bond acceptors (Lipinski definition) is 4. The molecule has 0 saturated heterocycles. The van der Waals surface area contributed by atoms with Gasteiger partial charge < -0.3 is 4.74 Å². The predicted octanol–water partition coefficient (Wildman–Crippen LogP) is 3.62. The first-order valence-corrected chi connectivity index (χ1v) is 9.21. The van der Waals surface area contributed by atoms with E-state index in [-0.39, 0.29) is 22.7 Å². The van der Waals surface area contributed by atoms with Crippen LogP contribution in [-0.4, -0.2) is 28.0 Å². The molecule has 0 heterocycles. The number of hydrogen-bond donors (Lipinski definition) is 0. The number of nitrogens with zero attached hydrogens (tertiary/aromatic N) is 1. The number of para-hydroxylation sites is 1. The van der Waals surface area contributed by atoms with E-state index >= 15 is 0 Å². The van der Waals surface area contributed by atoms with E-state index < -0.39 is 16.0 Å². The lowest BCUT2D eigenvalue weighted by atomic mass is 10.2. The third-order valence-electron chi connectivity index (χ3n) is 3.27. The second-order valence-corrected chi connectivity index (χ2v) is 7.57. The predicted molar refractivity (Wildman–Crippen MR) is 96.7 cm³/mol. The molecule has 0 bridgehead atoms. The minimum atomic E-state index is -3.86. The van der Waals surface area contributed by atoms with Crippen molar-refractivity contribution < 1.29 is 17.9 Å². The fourth-order valence-corrected chi connectivity index (χ4v) is 3.87. The number of carbonyl (C=O) groups excluding carboxylic acids is 1. The summed E-state index contributed by atoms with van der Waals surface area (Å²) in [6, 6.07) is 12.7. The van der Waals surface area contributed by atoms with E-state index in [1.807, 2.05) is 0 Å². The first kappa shape index (κ1) is 18.2. The molecule has 24 heavy (non-hydrogen) atoms. The smallest absolute Gasteiger partial charge is 0.340 e. The van der Waals surface area contributed by atoms with Gasteiger partial charge in [-0.2, -0.15) is 0 Å².